The van der Waals surface area contributed by atoms with Crippen molar-refractivity contribution in [3.63, 3.8) is 0 Å². The second-order valence-corrected chi connectivity index (χ2v) is 8.85. The predicted molar refractivity (Wildman–Crippen MR) is 109 cm³/mol. The Morgan fingerprint density at radius 3 is 2.46 bits per heavy atom. The van der Waals surface area contributed by atoms with E-state index in [1.807, 2.05) is 25.1 Å². The number of aryl methyl sites for hydroxylation is 1. The van der Waals surface area contributed by atoms with Gasteiger partial charge in [0.15, 0.2) is 0 Å². The zero-order chi connectivity index (χ0) is 19.6. The fourth-order valence-corrected chi connectivity index (χ4v) is 4.00. The third kappa shape index (κ3) is 7.77. The molecule has 5 nitrogen and oxygen atoms in total. The molecule has 1 amide bonds. The van der Waals surface area contributed by atoms with Crippen molar-refractivity contribution in [2.24, 2.45) is 5.92 Å². The fourth-order valence-electron chi connectivity index (χ4n) is 2.98. The molecule has 6 heteroatoms. The van der Waals surface area contributed by atoms with Gasteiger partial charge in [-0.1, -0.05) is 51.3 Å². The third-order valence-corrected chi connectivity index (χ3v) is 5.86. The van der Waals surface area contributed by atoms with Gasteiger partial charge in [0.25, 0.3) is 0 Å². The summed E-state index contributed by atoms with van der Waals surface area (Å²) in [6.45, 7) is 7.24. The van der Waals surface area contributed by atoms with E-state index in [1.54, 1.807) is 6.07 Å². The Labute approximate surface area is 159 Å². The lowest BCUT2D eigenvalue weighted by Gasteiger charge is -2.24. The van der Waals surface area contributed by atoms with Crippen molar-refractivity contribution >= 4 is 21.6 Å². The molecule has 1 unspecified atom stereocenters. The molecule has 0 aromatic heterocycles. The molecule has 0 heterocycles. The van der Waals surface area contributed by atoms with E-state index < -0.39 is 10.0 Å². The number of unbranched alkanes of at least 4 members (excludes halogenated alkanes) is 1. The SMILES string of the molecule is CCCCC(CC)CNC(=O)CCCN(c1ccccc1C)S(C)(=O)=O. The molecule has 148 valence electrons. The molecule has 1 aromatic carbocycles. The predicted octanol–water partition coefficient (Wildman–Crippen LogP) is 3.87. The van der Waals surface area contributed by atoms with Crippen molar-refractivity contribution < 1.29 is 13.2 Å². The van der Waals surface area contributed by atoms with Gasteiger partial charge in [0.1, 0.15) is 0 Å². The molecule has 0 spiro atoms. The van der Waals surface area contributed by atoms with E-state index in [9.17, 15) is 13.2 Å². The molecule has 1 atom stereocenters. The van der Waals surface area contributed by atoms with E-state index in [0.717, 1.165) is 18.4 Å². The number of hydrogen-bond acceptors (Lipinski definition) is 3. The summed E-state index contributed by atoms with van der Waals surface area (Å²) in [5, 5.41) is 3.00. The zero-order valence-corrected chi connectivity index (χ0v) is 17.4. The van der Waals surface area contributed by atoms with Crippen LogP contribution in [0.2, 0.25) is 0 Å². The molecule has 0 bridgehead atoms. The summed E-state index contributed by atoms with van der Waals surface area (Å²) in [4.78, 5) is 12.1. The number of amides is 1. The van der Waals surface area contributed by atoms with E-state index in [0.29, 0.717) is 37.5 Å². The van der Waals surface area contributed by atoms with Crippen molar-refractivity contribution in [1.82, 2.24) is 5.32 Å². The number of nitrogens with one attached hydrogen (secondary N) is 1. The summed E-state index contributed by atoms with van der Waals surface area (Å²) in [7, 11) is -3.38. The van der Waals surface area contributed by atoms with Crippen LogP contribution in [0.1, 0.15) is 57.9 Å². The molecule has 1 rings (SSSR count). The first-order chi connectivity index (χ1) is 12.3. The average molecular weight is 383 g/mol. The monoisotopic (exact) mass is 382 g/mol. The Hall–Kier alpha value is -1.56. The molecule has 0 aliphatic heterocycles. The van der Waals surface area contributed by atoms with Crippen molar-refractivity contribution in [3.8, 4) is 0 Å². The molecule has 0 aliphatic rings. The number of benzene rings is 1. The lowest BCUT2D eigenvalue weighted by molar-refractivity contribution is -0.121. The van der Waals surface area contributed by atoms with Crippen molar-refractivity contribution in [2.75, 3.05) is 23.7 Å². The van der Waals surface area contributed by atoms with Crippen LogP contribution in [0.4, 0.5) is 5.69 Å². The summed E-state index contributed by atoms with van der Waals surface area (Å²) in [6, 6.07) is 7.40. The summed E-state index contributed by atoms with van der Waals surface area (Å²) >= 11 is 0. The minimum atomic E-state index is -3.38. The first kappa shape index (κ1) is 22.5. The minimum Gasteiger partial charge on any atom is -0.356 e. The van der Waals surface area contributed by atoms with Crippen LogP contribution in [0.25, 0.3) is 0 Å². The summed E-state index contributed by atoms with van der Waals surface area (Å²) < 4.78 is 25.7. The van der Waals surface area contributed by atoms with Crippen LogP contribution in [0.15, 0.2) is 24.3 Å². The van der Waals surface area contributed by atoms with Crippen LogP contribution in [0.3, 0.4) is 0 Å². The van der Waals surface area contributed by atoms with Crippen LogP contribution < -0.4 is 9.62 Å². The van der Waals surface area contributed by atoms with Gasteiger partial charge >= 0.3 is 0 Å². The van der Waals surface area contributed by atoms with E-state index in [-0.39, 0.29) is 5.91 Å². The highest BCUT2D eigenvalue weighted by Gasteiger charge is 2.19. The van der Waals surface area contributed by atoms with Gasteiger partial charge in [-0.15, -0.1) is 0 Å². The largest absolute Gasteiger partial charge is 0.356 e. The van der Waals surface area contributed by atoms with Crippen LogP contribution in [-0.4, -0.2) is 33.7 Å². The Morgan fingerprint density at radius 1 is 1.19 bits per heavy atom. The number of para-hydroxylation sites is 1. The molecule has 0 radical (unpaired) electrons. The Balaban J connectivity index is 2.53. The van der Waals surface area contributed by atoms with Crippen LogP contribution in [0, 0.1) is 12.8 Å². The third-order valence-electron chi connectivity index (χ3n) is 4.68. The maximum absolute atomic E-state index is 12.1. The van der Waals surface area contributed by atoms with Gasteiger partial charge in [-0.05, 0) is 37.3 Å². The van der Waals surface area contributed by atoms with Crippen LogP contribution in [0.5, 0.6) is 0 Å². The van der Waals surface area contributed by atoms with Gasteiger partial charge in [0.05, 0.1) is 11.9 Å². The van der Waals surface area contributed by atoms with E-state index in [2.05, 4.69) is 19.2 Å². The highest BCUT2D eigenvalue weighted by molar-refractivity contribution is 7.92. The van der Waals surface area contributed by atoms with E-state index in [1.165, 1.54) is 23.4 Å². The smallest absolute Gasteiger partial charge is 0.232 e. The van der Waals surface area contributed by atoms with Gasteiger partial charge in [-0.25, -0.2) is 8.42 Å². The number of carbonyl (C=O) groups is 1. The number of sulfonamides is 1. The first-order valence-corrected chi connectivity index (χ1v) is 11.4. The second-order valence-electron chi connectivity index (χ2n) is 6.95. The second kappa shape index (κ2) is 11.2. The molecule has 0 saturated heterocycles. The van der Waals surface area contributed by atoms with Crippen LogP contribution >= 0.6 is 0 Å². The highest BCUT2D eigenvalue weighted by atomic mass is 32.2. The number of hydrogen-bond donors (Lipinski definition) is 1. The number of carbonyl (C=O) groups excluding carboxylic acids is 1. The van der Waals surface area contributed by atoms with E-state index in [4.69, 9.17) is 0 Å². The van der Waals surface area contributed by atoms with Gasteiger partial charge in [0, 0.05) is 19.5 Å². The maximum atomic E-state index is 12.1. The van der Waals surface area contributed by atoms with Crippen LogP contribution in [-0.2, 0) is 14.8 Å². The summed E-state index contributed by atoms with van der Waals surface area (Å²) in [5.41, 5.74) is 1.59. The average Bonchev–Trinajstić information content (AvgIpc) is 2.59. The molecule has 26 heavy (non-hydrogen) atoms. The molecular formula is C20H34N2O3S. The standard InChI is InChI=1S/C20H34N2O3S/c1-5-7-12-18(6-2)16-21-20(23)14-10-15-22(26(4,24)25)19-13-9-8-11-17(19)3/h8-9,11,13,18H,5-7,10,12,14-16H2,1-4H3,(H,21,23). The molecule has 0 saturated carbocycles. The number of anilines is 1. The molecule has 1 N–H and O–H groups in total. The molecular weight excluding hydrogens is 348 g/mol. The summed E-state index contributed by atoms with van der Waals surface area (Å²) in [6.07, 6.45) is 6.61. The summed E-state index contributed by atoms with van der Waals surface area (Å²) in [5.74, 6) is 0.525. The van der Waals surface area contributed by atoms with Gasteiger partial charge < -0.3 is 5.32 Å². The minimum absolute atomic E-state index is 0.00168. The number of rotatable bonds is 12. The first-order valence-electron chi connectivity index (χ1n) is 9.59. The molecule has 0 aliphatic carbocycles. The molecule has 1 aromatic rings. The van der Waals surface area contributed by atoms with E-state index >= 15 is 0 Å². The van der Waals surface area contributed by atoms with Gasteiger partial charge in [-0.3, -0.25) is 9.10 Å². The topological polar surface area (TPSA) is 66.5 Å². The fraction of sp³-hybridized carbons (Fsp3) is 0.650. The lowest BCUT2D eigenvalue weighted by Crippen LogP contribution is -2.33. The van der Waals surface area contributed by atoms with Crippen molar-refractivity contribution in [2.45, 2.75) is 59.3 Å². The van der Waals surface area contributed by atoms with Crippen molar-refractivity contribution in [3.05, 3.63) is 29.8 Å². The lowest BCUT2D eigenvalue weighted by atomic mass is 9.99. The molecule has 0 fully saturated rings. The maximum Gasteiger partial charge on any atom is 0.232 e. The Morgan fingerprint density at radius 2 is 1.88 bits per heavy atom. The normalized spacial score (nSPS) is 12.6. The van der Waals surface area contributed by atoms with Crippen molar-refractivity contribution in [1.29, 1.82) is 0 Å². The van der Waals surface area contributed by atoms with Gasteiger partial charge in [0.2, 0.25) is 15.9 Å². The quantitative estimate of drug-likeness (QED) is 0.597. The Kier molecular flexibility index (Phi) is 9.70. The number of nitrogens with zero attached hydrogens (tertiary/aromatic N) is 1. The van der Waals surface area contributed by atoms with Gasteiger partial charge in [-0.2, -0.15) is 0 Å². The highest BCUT2D eigenvalue weighted by Crippen LogP contribution is 2.22. The Bertz CT molecular complexity index is 659. The zero-order valence-electron chi connectivity index (χ0n) is 16.6.